The van der Waals surface area contributed by atoms with Crippen LogP contribution < -0.4 is 5.46 Å². The zero-order valence-corrected chi connectivity index (χ0v) is 15.2. The van der Waals surface area contributed by atoms with Gasteiger partial charge in [-0.15, -0.1) is 11.3 Å². The third-order valence-electron chi connectivity index (χ3n) is 4.99. The lowest BCUT2D eigenvalue weighted by Crippen LogP contribution is -2.41. The zero-order valence-electron chi connectivity index (χ0n) is 14.4. The molecule has 1 aromatic carbocycles. The Morgan fingerprint density at radius 2 is 1.67 bits per heavy atom. The van der Waals surface area contributed by atoms with Crippen molar-refractivity contribution in [3.05, 3.63) is 48.7 Å². The molecule has 0 unspecified atom stereocenters. The van der Waals surface area contributed by atoms with E-state index in [2.05, 4.69) is 69.1 Å². The Hall–Kier alpha value is -1.69. The maximum Gasteiger partial charge on any atom is 0.496 e. The number of fused-ring (bicyclic) bond motifs is 1. The molecule has 24 heavy (non-hydrogen) atoms. The number of hydrogen-bond donors (Lipinski definition) is 0. The second-order valence-corrected chi connectivity index (χ2v) is 8.30. The monoisotopic (exact) mass is 337 g/mol. The van der Waals surface area contributed by atoms with Crippen LogP contribution in [-0.2, 0) is 9.31 Å². The van der Waals surface area contributed by atoms with Gasteiger partial charge in [-0.2, -0.15) is 0 Å². The highest BCUT2D eigenvalue weighted by atomic mass is 32.1. The van der Waals surface area contributed by atoms with Crippen LogP contribution in [0.1, 0.15) is 27.7 Å². The zero-order chi connectivity index (χ0) is 16.9. The molecule has 0 aliphatic carbocycles. The largest absolute Gasteiger partial charge is 0.496 e. The second kappa shape index (κ2) is 5.41. The van der Waals surface area contributed by atoms with Crippen LogP contribution in [0.15, 0.2) is 48.7 Å². The van der Waals surface area contributed by atoms with Gasteiger partial charge in [-0.25, -0.2) is 0 Å². The molecule has 0 saturated carbocycles. The fraction of sp³-hybridized carbons (Fsp3) is 0.316. The van der Waals surface area contributed by atoms with Crippen LogP contribution in [-0.4, -0.2) is 23.3 Å². The molecule has 0 radical (unpaired) electrons. The first kappa shape index (κ1) is 15.8. The number of benzene rings is 1. The summed E-state index contributed by atoms with van der Waals surface area (Å²) in [6.07, 6.45) is 1.86. The molecular formula is C19H20BNO2S. The number of thiophene rings is 1. The van der Waals surface area contributed by atoms with Crippen molar-refractivity contribution >= 4 is 34.0 Å². The van der Waals surface area contributed by atoms with Crippen LogP contribution in [0.5, 0.6) is 0 Å². The Labute approximate surface area is 146 Å². The lowest BCUT2D eigenvalue weighted by Gasteiger charge is -2.32. The first-order valence-corrected chi connectivity index (χ1v) is 8.98. The molecule has 5 heteroatoms. The molecule has 1 saturated heterocycles. The van der Waals surface area contributed by atoms with Gasteiger partial charge < -0.3 is 9.31 Å². The van der Waals surface area contributed by atoms with Crippen molar-refractivity contribution in [3.63, 3.8) is 0 Å². The highest BCUT2D eigenvalue weighted by Gasteiger charge is 2.51. The molecule has 0 bridgehead atoms. The first-order valence-electron chi connectivity index (χ1n) is 8.16. The molecule has 3 heterocycles. The SMILES string of the molecule is CC1(C)OB(c2ccc(-c3cc4ccccc4s3)nc2)OC1(C)C. The number of pyridine rings is 1. The first-order chi connectivity index (χ1) is 11.4. The normalized spacial score (nSPS) is 19.1. The maximum absolute atomic E-state index is 6.08. The Morgan fingerprint density at radius 1 is 0.958 bits per heavy atom. The lowest BCUT2D eigenvalue weighted by molar-refractivity contribution is 0.00578. The van der Waals surface area contributed by atoms with Gasteiger partial charge in [0.15, 0.2) is 0 Å². The fourth-order valence-electron chi connectivity index (χ4n) is 2.78. The quantitative estimate of drug-likeness (QED) is 0.655. The molecule has 4 rings (SSSR count). The van der Waals surface area contributed by atoms with Crippen LogP contribution in [0.3, 0.4) is 0 Å². The predicted molar refractivity (Wildman–Crippen MR) is 101 cm³/mol. The van der Waals surface area contributed by atoms with Crippen molar-refractivity contribution < 1.29 is 9.31 Å². The minimum atomic E-state index is -0.362. The second-order valence-electron chi connectivity index (χ2n) is 7.21. The van der Waals surface area contributed by atoms with Crippen LogP contribution in [0.4, 0.5) is 0 Å². The summed E-state index contributed by atoms with van der Waals surface area (Å²) in [4.78, 5) is 5.81. The van der Waals surface area contributed by atoms with E-state index in [9.17, 15) is 0 Å². The molecule has 0 N–H and O–H groups in total. The highest BCUT2D eigenvalue weighted by Crippen LogP contribution is 2.36. The van der Waals surface area contributed by atoms with Gasteiger partial charge in [0.1, 0.15) is 0 Å². The summed E-state index contributed by atoms with van der Waals surface area (Å²) in [5.74, 6) is 0. The summed E-state index contributed by atoms with van der Waals surface area (Å²) in [6.45, 7) is 8.25. The molecule has 122 valence electrons. The van der Waals surface area contributed by atoms with Crippen molar-refractivity contribution in [3.8, 4) is 10.6 Å². The van der Waals surface area contributed by atoms with Gasteiger partial charge in [0, 0.05) is 16.4 Å². The third kappa shape index (κ3) is 2.57. The molecule has 0 spiro atoms. The topological polar surface area (TPSA) is 31.4 Å². The number of rotatable bonds is 2. The minimum absolute atomic E-state index is 0.332. The molecule has 3 aromatic rings. The van der Waals surface area contributed by atoms with Crippen molar-refractivity contribution in [1.29, 1.82) is 0 Å². The van der Waals surface area contributed by atoms with Crippen LogP contribution in [0, 0.1) is 0 Å². The maximum atomic E-state index is 6.08. The van der Waals surface area contributed by atoms with Gasteiger partial charge in [0.2, 0.25) is 0 Å². The van der Waals surface area contributed by atoms with Crippen molar-refractivity contribution in [2.24, 2.45) is 0 Å². The Balaban J connectivity index is 1.61. The van der Waals surface area contributed by atoms with E-state index >= 15 is 0 Å². The lowest BCUT2D eigenvalue weighted by atomic mass is 9.80. The molecule has 1 aliphatic rings. The molecule has 2 aromatic heterocycles. The van der Waals surface area contributed by atoms with E-state index in [-0.39, 0.29) is 18.3 Å². The van der Waals surface area contributed by atoms with Gasteiger partial charge in [-0.1, -0.05) is 24.3 Å². The van der Waals surface area contributed by atoms with Crippen LogP contribution >= 0.6 is 11.3 Å². The van der Waals surface area contributed by atoms with Crippen molar-refractivity contribution in [2.75, 3.05) is 0 Å². The summed E-state index contributed by atoms with van der Waals surface area (Å²) >= 11 is 1.76. The Bertz CT molecular complexity index is 837. The Kier molecular flexibility index (Phi) is 3.57. The Morgan fingerprint density at radius 3 is 2.29 bits per heavy atom. The van der Waals surface area contributed by atoms with Crippen LogP contribution in [0.25, 0.3) is 20.7 Å². The third-order valence-corrected chi connectivity index (χ3v) is 6.13. The van der Waals surface area contributed by atoms with Crippen molar-refractivity contribution in [2.45, 2.75) is 38.9 Å². The van der Waals surface area contributed by atoms with E-state index in [0.29, 0.717) is 0 Å². The molecule has 0 amide bonds. The molecular weight excluding hydrogens is 317 g/mol. The number of nitrogens with zero attached hydrogens (tertiary/aromatic N) is 1. The van der Waals surface area contributed by atoms with E-state index in [1.807, 2.05) is 12.3 Å². The highest BCUT2D eigenvalue weighted by molar-refractivity contribution is 7.22. The standard InChI is InChI=1S/C19H20BNO2S/c1-18(2)19(3,4)23-20(22-18)14-9-10-15(21-12-14)17-11-13-7-5-6-8-16(13)24-17/h5-12H,1-4H3. The average Bonchev–Trinajstić information content (AvgIpc) is 3.06. The van der Waals surface area contributed by atoms with E-state index in [0.717, 1.165) is 11.2 Å². The summed E-state index contributed by atoms with van der Waals surface area (Å²) in [6, 6.07) is 14.7. The summed E-state index contributed by atoms with van der Waals surface area (Å²) < 4.78 is 13.4. The van der Waals surface area contributed by atoms with E-state index in [4.69, 9.17) is 9.31 Å². The van der Waals surface area contributed by atoms with Gasteiger partial charge in [-0.05, 0) is 51.3 Å². The van der Waals surface area contributed by atoms with E-state index in [1.165, 1.54) is 15.0 Å². The van der Waals surface area contributed by atoms with Gasteiger partial charge in [0.25, 0.3) is 0 Å². The van der Waals surface area contributed by atoms with Gasteiger partial charge >= 0.3 is 7.12 Å². The summed E-state index contributed by atoms with van der Waals surface area (Å²) in [5.41, 5.74) is 1.28. The molecule has 0 atom stereocenters. The summed E-state index contributed by atoms with van der Waals surface area (Å²) in [5, 5.41) is 1.26. The average molecular weight is 337 g/mol. The minimum Gasteiger partial charge on any atom is -0.399 e. The number of aromatic nitrogens is 1. The van der Waals surface area contributed by atoms with Gasteiger partial charge in [-0.3, -0.25) is 4.98 Å². The molecule has 1 aliphatic heterocycles. The van der Waals surface area contributed by atoms with Crippen LogP contribution in [0.2, 0.25) is 0 Å². The summed E-state index contributed by atoms with van der Waals surface area (Å²) in [7, 11) is -0.362. The predicted octanol–water partition coefficient (Wildman–Crippen LogP) is 4.26. The van der Waals surface area contributed by atoms with E-state index < -0.39 is 0 Å². The smallest absolute Gasteiger partial charge is 0.399 e. The van der Waals surface area contributed by atoms with E-state index in [1.54, 1.807) is 11.3 Å². The number of hydrogen-bond acceptors (Lipinski definition) is 4. The fourth-order valence-corrected chi connectivity index (χ4v) is 3.82. The molecule has 3 nitrogen and oxygen atoms in total. The van der Waals surface area contributed by atoms with Crippen molar-refractivity contribution in [1.82, 2.24) is 4.98 Å². The molecule has 1 fully saturated rings. The van der Waals surface area contributed by atoms with Gasteiger partial charge in [0.05, 0.1) is 21.8 Å².